The first-order valence-electron chi connectivity index (χ1n) is 5.40. The van der Waals surface area contributed by atoms with Crippen molar-refractivity contribution >= 4 is 28.7 Å². The molecule has 1 saturated carbocycles. The van der Waals surface area contributed by atoms with Gasteiger partial charge in [-0.15, -0.1) is 5.10 Å². The summed E-state index contributed by atoms with van der Waals surface area (Å²) in [6, 6.07) is 0.528. The zero-order valence-corrected chi connectivity index (χ0v) is 10.8. The molecule has 1 aliphatic rings. The Balaban J connectivity index is 2.07. The molecule has 2 rings (SSSR count). The van der Waals surface area contributed by atoms with Crippen LogP contribution < -0.4 is 5.32 Å². The zero-order valence-electron chi connectivity index (χ0n) is 9.17. The molecule has 0 saturated heterocycles. The summed E-state index contributed by atoms with van der Waals surface area (Å²) in [5.74, 6) is 0. The van der Waals surface area contributed by atoms with E-state index in [-0.39, 0.29) is 0 Å². The number of rotatable bonds is 2. The van der Waals surface area contributed by atoms with E-state index in [2.05, 4.69) is 29.4 Å². The van der Waals surface area contributed by atoms with Gasteiger partial charge in [-0.25, -0.2) is 0 Å². The van der Waals surface area contributed by atoms with Gasteiger partial charge in [-0.05, 0) is 30.5 Å². The first kappa shape index (κ1) is 11.1. The van der Waals surface area contributed by atoms with Crippen molar-refractivity contribution in [1.29, 1.82) is 0 Å². The predicted molar refractivity (Wildman–Crippen MR) is 67.0 cm³/mol. The summed E-state index contributed by atoms with van der Waals surface area (Å²) in [7, 11) is 0. The van der Waals surface area contributed by atoms with Gasteiger partial charge in [0.05, 0.1) is 0 Å². The quantitative estimate of drug-likeness (QED) is 0.780. The summed E-state index contributed by atoms with van der Waals surface area (Å²) < 4.78 is 0.742. The highest BCUT2D eigenvalue weighted by atomic mass is 32.1. The fourth-order valence-electron chi connectivity index (χ4n) is 2.20. The van der Waals surface area contributed by atoms with Gasteiger partial charge in [-0.3, -0.25) is 5.10 Å². The zero-order chi connectivity index (χ0) is 10.9. The van der Waals surface area contributed by atoms with E-state index in [4.69, 9.17) is 12.2 Å². The maximum absolute atomic E-state index is 5.02. The summed E-state index contributed by atoms with van der Waals surface area (Å²) in [6.07, 6.45) is 5.19. The van der Waals surface area contributed by atoms with Crippen LogP contribution in [0.4, 0.5) is 5.13 Å². The van der Waals surface area contributed by atoms with Crippen LogP contribution in [0.3, 0.4) is 0 Å². The van der Waals surface area contributed by atoms with Crippen LogP contribution in [0, 0.1) is 9.37 Å². The van der Waals surface area contributed by atoms with Crippen LogP contribution in [0.2, 0.25) is 0 Å². The van der Waals surface area contributed by atoms with Gasteiger partial charge in [0.2, 0.25) is 5.13 Å². The van der Waals surface area contributed by atoms with Crippen LogP contribution in [-0.2, 0) is 0 Å². The van der Waals surface area contributed by atoms with E-state index in [0.717, 1.165) is 9.09 Å². The molecule has 1 fully saturated rings. The Bertz CT molecular complexity index is 380. The summed E-state index contributed by atoms with van der Waals surface area (Å²) >= 11 is 6.54. The molecule has 15 heavy (non-hydrogen) atoms. The molecule has 1 aromatic rings. The largest absolute Gasteiger partial charge is 0.357 e. The van der Waals surface area contributed by atoms with Gasteiger partial charge in [-0.1, -0.05) is 38.0 Å². The Kier molecular flexibility index (Phi) is 3.11. The summed E-state index contributed by atoms with van der Waals surface area (Å²) in [5, 5.41) is 11.4. The molecule has 1 aliphatic carbocycles. The van der Waals surface area contributed by atoms with Crippen molar-refractivity contribution in [1.82, 2.24) is 10.2 Å². The van der Waals surface area contributed by atoms with Gasteiger partial charge >= 0.3 is 0 Å². The Labute approximate surface area is 99.3 Å². The summed E-state index contributed by atoms with van der Waals surface area (Å²) in [5.41, 5.74) is 0.367. The minimum Gasteiger partial charge on any atom is -0.357 e. The Hall–Kier alpha value is -0.420. The minimum absolute atomic E-state index is 0.367. The number of hydrogen-bond donors (Lipinski definition) is 2. The Morgan fingerprint density at radius 2 is 2.33 bits per heavy atom. The maximum atomic E-state index is 5.02. The molecule has 0 bridgehead atoms. The van der Waals surface area contributed by atoms with Crippen LogP contribution in [-0.4, -0.2) is 16.2 Å². The maximum Gasteiger partial charge on any atom is 0.204 e. The molecule has 3 nitrogen and oxygen atoms in total. The van der Waals surface area contributed by atoms with Crippen molar-refractivity contribution < 1.29 is 0 Å². The lowest BCUT2D eigenvalue weighted by Gasteiger charge is -2.38. The van der Waals surface area contributed by atoms with Crippen LogP contribution in [0.1, 0.15) is 39.5 Å². The van der Waals surface area contributed by atoms with E-state index in [1.165, 1.54) is 37.0 Å². The van der Waals surface area contributed by atoms with Crippen LogP contribution in [0.5, 0.6) is 0 Å². The molecule has 0 amide bonds. The van der Waals surface area contributed by atoms with Crippen LogP contribution in [0.15, 0.2) is 0 Å². The predicted octanol–water partition coefficient (Wildman–Crippen LogP) is 3.58. The molecule has 0 spiro atoms. The number of nitrogens with zero attached hydrogens (tertiary/aromatic N) is 1. The van der Waals surface area contributed by atoms with E-state index in [1.54, 1.807) is 0 Å². The minimum atomic E-state index is 0.367. The average molecular weight is 243 g/mol. The van der Waals surface area contributed by atoms with Gasteiger partial charge in [0.15, 0.2) is 3.95 Å². The van der Waals surface area contributed by atoms with Gasteiger partial charge in [0, 0.05) is 6.04 Å². The standard InChI is InChI=1S/C10H17N3S2/c1-10(2)6-4-3-5-7(10)11-8-12-13-9(14)15-8/h7H,3-6H2,1-2H3,(H,11,12)(H,13,14). The van der Waals surface area contributed by atoms with E-state index in [1.807, 2.05) is 0 Å². The van der Waals surface area contributed by atoms with Gasteiger partial charge < -0.3 is 5.32 Å². The van der Waals surface area contributed by atoms with Gasteiger partial charge in [-0.2, -0.15) is 0 Å². The third kappa shape index (κ3) is 2.58. The molecule has 84 valence electrons. The van der Waals surface area contributed by atoms with E-state index >= 15 is 0 Å². The number of aromatic amines is 1. The van der Waals surface area contributed by atoms with Crippen molar-refractivity contribution in [2.24, 2.45) is 5.41 Å². The lowest BCUT2D eigenvalue weighted by atomic mass is 9.73. The highest BCUT2D eigenvalue weighted by Crippen LogP contribution is 2.37. The normalized spacial score (nSPS) is 25.1. The van der Waals surface area contributed by atoms with Crippen molar-refractivity contribution in [2.45, 2.75) is 45.6 Å². The number of H-pyrrole nitrogens is 1. The highest BCUT2D eigenvalue weighted by Gasteiger charge is 2.32. The molecular formula is C10H17N3S2. The van der Waals surface area contributed by atoms with Gasteiger partial charge in [0.1, 0.15) is 0 Å². The molecule has 2 N–H and O–H groups in total. The van der Waals surface area contributed by atoms with Crippen LogP contribution >= 0.6 is 23.6 Å². The number of nitrogens with one attached hydrogen (secondary N) is 2. The third-order valence-corrected chi connectivity index (χ3v) is 4.26. The van der Waals surface area contributed by atoms with E-state index in [9.17, 15) is 0 Å². The molecular weight excluding hydrogens is 226 g/mol. The second-order valence-corrected chi connectivity index (χ2v) is 6.52. The molecule has 1 unspecified atom stereocenters. The molecule has 1 aromatic heterocycles. The fraction of sp³-hybridized carbons (Fsp3) is 0.800. The Morgan fingerprint density at radius 1 is 1.53 bits per heavy atom. The third-order valence-electron chi connectivity index (χ3n) is 3.24. The SMILES string of the molecule is CC1(C)CCCCC1Nc1n[nH]c(=S)s1. The van der Waals surface area contributed by atoms with Crippen molar-refractivity contribution in [3.63, 3.8) is 0 Å². The number of hydrogen-bond acceptors (Lipinski definition) is 4. The molecule has 1 atom stereocenters. The van der Waals surface area contributed by atoms with Crippen molar-refractivity contribution in [3.05, 3.63) is 3.95 Å². The first-order chi connectivity index (χ1) is 7.08. The lowest BCUT2D eigenvalue weighted by molar-refractivity contribution is 0.217. The first-order valence-corrected chi connectivity index (χ1v) is 6.62. The highest BCUT2D eigenvalue weighted by molar-refractivity contribution is 7.73. The molecule has 5 heteroatoms. The monoisotopic (exact) mass is 243 g/mol. The topological polar surface area (TPSA) is 40.7 Å². The fourth-order valence-corrected chi connectivity index (χ4v) is 3.04. The summed E-state index contributed by atoms with van der Waals surface area (Å²) in [6.45, 7) is 4.66. The van der Waals surface area contributed by atoms with E-state index < -0.39 is 0 Å². The smallest absolute Gasteiger partial charge is 0.204 e. The molecule has 0 radical (unpaired) electrons. The van der Waals surface area contributed by atoms with Crippen molar-refractivity contribution in [3.8, 4) is 0 Å². The van der Waals surface area contributed by atoms with E-state index in [0.29, 0.717) is 11.5 Å². The van der Waals surface area contributed by atoms with Crippen molar-refractivity contribution in [2.75, 3.05) is 5.32 Å². The molecule has 0 aliphatic heterocycles. The Morgan fingerprint density at radius 3 is 2.93 bits per heavy atom. The second kappa shape index (κ2) is 4.22. The average Bonchev–Trinajstić information content (AvgIpc) is 2.55. The summed E-state index contributed by atoms with van der Waals surface area (Å²) in [4.78, 5) is 0. The molecule has 1 heterocycles. The number of anilines is 1. The lowest BCUT2D eigenvalue weighted by Crippen LogP contribution is -2.38. The van der Waals surface area contributed by atoms with Crippen LogP contribution in [0.25, 0.3) is 0 Å². The second-order valence-electron chi connectivity index (χ2n) is 4.85. The molecule has 0 aromatic carbocycles. The number of aromatic nitrogens is 2. The van der Waals surface area contributed by atoms with Gasteiger partial charge in [0.25, 0.3) is 0 Å².